The zero-order valence-corrected chi connectivity index (χ0v) is 15.0. The summed E-state index contributed by atoms with van der Waals surface area (Å²) in [4.78, 5) is 2.43. The van der Waals surface area contributed by atoms with Crippen molar-refractivity contribution in [2.75, 3.05) is 18.0 Å². The first-order valence-electron chi connectivity index (χ1n) is 7.80. The monoisotopic (exact) mass is 368 g/mol. The second kappa shape index (κ2) is 7.76. The number of nitrogens with zero attached hydrogens (tertiary/aromatic N) is 1. The summed E-state index contributed by atoms with van der Waals surface area (Å²) in [6.45, 7) is 2.79. The smallest absolute Gasteiger partial charge is 0.0480 e. The third kappa shape index (κ3) is 4.33. The van der Waals surface area contributed by atoms with Crippen LogP contribution in [-0.2, 0) is 6.54 Å². The fraction of sp³-hybridized carbons (Fsp3) is 0.333. The summed E-state index contributed by atoms with van der Waals surface area (Å²) in [6.07, 6.45) is 2.22. The second-order valence-electron chi connectivity index (χ2n) is 5.83. The molecule has 1 N–H and O–H groups in total. The molecule has 5 heteroatoms. The Morgan fingerprint density at radius 2 is 1.57 bits per heavy atom. The van der Waals surface area contributed by atoms with Crippen molar-refractivity contribution in [3.63, 3.8) is 0 Å². The van der Waals surface area contributed by atoms with Gasteiger partial charge in [-0.3, -0.25) is 0 Å². The second-order valence-corrected chi connectivity index (χ2v) is 7.08. The molecule has 23 heavy (non-hydrogen) atoms. The Hall–Kier alpha value is -0.930. The van der Waals surface area contributed by atoms with Crippen LogP contribution in [0.4, 0.5) is 5.69 Å². The van der Waals surface area contributed by atoms with Crippen LogP contribution in [0.3, 0.4) is 0 Å². The molecule has 0 aliphatic carbocycles. The SMILES string of the molecule is Clc1cc(Cl)c(CNC2CCN(c3ccccc3)CC2)c(Cl)c1. The van der Waals surface area contributed by atoms with E-state index in [0.29, 0.717) is 27.7 Å². The highest BCUT2D eigenvalue weighted by molar-refractivity contribution is 6.39. The van der Waals surface area contributed by atoms with Crippen LogP contribution >= 0.6 is 34.8 Å². The topological polar surface area (TPSA) is 15.3 Å². The molecule has 1 aliphatic heterocycles. The molecule has 1 saturated heterocycles. The number of hydrogen-bond acceptors (Lipinski definition) is 2. The molecule has 0 amide bonds. The largest absolute Gasteiger partial charge is 0.371 e. The minimum absolute atomic E-state index is 0.484. The van der Waals surface area contributed by atoms with E-state index in [0.717, 1.165) is 31.5 Å². The van der Waals surface area contributed by atoms with Gasteiger partial charge >= 0.3 is 0 Å². The molecule has 0 aromatic heterocycles. The average Bonchev–Trinajstić information content (AvgIpc) is 2.55. The number of halogens is 3. The van der Waals surface area contributed by atoms with Gasteiger partial charge in [-0.05, 0) is 37.1 Å². The van der Waals surface area contributed by atoms with E-state index in [1.54, 1.807) is 12.1 Å². The Morgan fingerprint density at radius 1 is 0.957 bits per heavy atom. The first kappa shape index (κ1) is 16.9. The van der Waals surface area contributed by atoms with Crippen molar-refractivity contribution in [3.05, 3.63) is 63.1 Å². The molecule has 0 unspecified atom stereocenters. The van der Waals surface area contributed by atoms with Gasteiger partial charge in [0.05, 0.1) is 0 Å². The number of para-hydroxylation sites is 1. The van der Waals surface area contributed by atoms with Gasteiger partial charge in [0.25, 0.3) is 0 Å². The van der Waals surface area contributed by atoms with E-state index in [9.17, 15) is 0 Å². The third-order valence-corrected chi connectivity index (χ3v) is 5.18. The Morgan fingerprint density at radius 3 is 2.17 bits per heavy atom. The summed E-state index contributed by atoms with van der Waals surface area (Å²) in [6, 6.07) is 14.5. The maximum absolute atomic E-state index is 6.24. The molecule has 2 nitrogen and oxygen atoms in total. The standard InChI is InChI=1S/C18H19Cl3N2/c19-13-10-17(20)16(18(21)11-13)12-22-14-6-8-23(9-7-14)15-4-2-1-3-5-15/h1-5,10-11,14,22H,6-9,12H2. The number of piperidine rings is 1. The van der Waals surface area contributed by atoms with Gasteiger partial charge < -0.3 is 10.2 Å². The van der Waals surface area contributed by atoms with E-state index in [1.807, 2.05) is 0 Å². The van der Waals surface area contributed by atoms with Gasteiger partial charge in [-0.1, -0.05) is 53.0 Å². The molecule has 0 radical (unpaired) electrons. The Labute approximate surface area is 152 Å². The Balaban J connectivity index is 1.54. The lowest BCUT2D eigenvalue weighted by atomic mass is 10.0. The molecular formula is C18H19Cl3N2. The predicted molar refractivity (Wildman–Crippen MR) is 100.0 cm³/mol. The lowest BCUT2D eigenvalue weighted by Crippen LogP contribution is -2.42. The molecule has 0 atom stereocenters. The van der Waals surface area contributed by atoms with Crippen molar-refractivity contribution in [1.29, 1.82) is 0 Å². The third-order valence-electron chi connectivity index (χ3n) is 4.29. The molecule has 1 fully saturated rings. The highest BCUT2D eigenvalue weighted by atomic mass is 35.5. The number of nitrogens with one attached hydrogen (secondary N) is 1. The van der Waals surface area contributed by atoms with Crippen LogP contribution < -0.4 is 10.2 Å². The fourth-order valence-corrected chi connectivity index (χ4v) is 3.92. The van der Waals surface area contributed by atoms with E-state index < -0.39 is 0 Å². The molecule has 2 aromatic carbocycles. The van der Waals surface area contributed by atoms with Crippen LogP contribution in [0.2, 0.25) is 15.1 Å². The quantitative estimate of drug-likeness (QED) is 0.775. The van der Waals surface area contributed by atoms with Gasteiger partial charge in [-0.25, -0.2) is 0 Å². The minimum Gasteiger partial charge on any atom is -0.371 e. The van der Waals surface area contributed by atoms with Crippen molar-refractivity contribution < 1.29 is 0 Å². The van der Waals surface area contributed by atoms with E-state index in [4.69, 9.17) is 34.8 Å². The first-order chi connectivity index (χ1) is 11.1. The number of benzene rings is 2. The number of rotatable bonds is 4. The highest BCUT2D eigenvalue weighted by Crippen LogP contribution is 2.29. The van der Waals surface area contributed by atoms with Crippen LogP contribution in [0.5, 0.6) is 0 Å². The van der Waals surface area contributed by atoms with Gasteiger partial charge in [-0.15, -0.1) is 0 Å². The Kier molecular flexibility index (Phi) is 5.71. The van der Waals surface area contributed by atoms with E-state index in [2.05, 4.69) is 40.5 Å². The van der Waals surface area contributed by atoms with Crippen LogP contribution in [0.15, 0.2) is 42.5 Å². The maximum Gasteiger partial charge on any atom is 0.0480 e. The van der Waals surface area contributed by atoms with Crippen molar-refractivity contribution in [3.8, 4) is 0 Å². The highest BCUT2D eigenvalue weighted by Gasteiger charge is 2.19. The first-order valence-corrected chi connectivity index (χ1v) is 8.93. The fourth-order valence-electron chi connectivity index (χ4n) is 2.97. The summed E-state index contributed by atoms with van der Waals surface area (Å²) >= 11 is 18.4. The Bertz CT molecular complexity index is 630. The van der Waals surface area contributed by atoms with E-state index in [1.165, 1.54) is 5.69 Å². The molecular weight excluding hydrogens is 351 g/mol. The predicted octanol–water partition coefficient (Wildman–Crippen LogP) is 5.41. The van der Waals surface area contributed by atoms with Gasteiger partial charge in [-0.2, -0.15) is 0 Å². The van der Waals surface area contributed by atoms with Gasteiger partial charge in [0.1, 0.15) is 0 Å². The molecule has 0 bridgehead atoms. The van der Waals surface area contributed by atoms with Crippen molar-refractivity contribution in [2.45, 2.75) is 25.4 Å². The minimum atomic E-state index is 0.484. The summed E-state index contributed by atoms with van der Waals surface area (Å²) in [5.41, 5.74) is 2.22. The van der Waals surface area contributed by atoms with Crippen molar-refractivity contribution in [1.82, 2.24) is 5.32 Å². The summed E-state index contributed by atoms with van der Waals surface area (Å²) in [5.74, 6) is 0. The maximum atomic E-state index is 6.24. The van der Waals surface area contributed by atoms with Crippen molar-refractivity contribution >= 4 is 40.5 Å². The molecule has 2 aromatic rings. The lowest BCUT2D eigenvalue weighted by molar-refractivity contribution is 0.414. The summed E-state index contributed by atoms with van der Waals surface area (Å²) < 4.78 is 0. The van der Waals surface area contributed by atoms with Gasteiger partial charge in [0.2, 0.25) is 0 Å². The molecule has 1 heterocycles. The number of hydrogen-bond donors (Lipinski definition) is 1. The molecule has 1 aliphatic rings. The molecule has 0 saturated carbocycles. The van der Waals surface area contributed by atoms with Gasteiger partial charge in [0, 0.05) is 52.0 Å². The normalized spacial score (nSPS) is 15.9. The van der Waals surface area contributed by atoms with Crippen LogP contribution in [0, 0.1) is 0 Å². The average molecular weight is 370 g/mol. The van der Waals surface area contributed by atoms with E-state index in [-0.39, 0.29) is 0 Å². The molecule has 122 valence electrons. The molecule has 0 spiro atoms. The van der Waals surface area contributed by atoms with Crippen LogP contribution in [-0.4, -0.2) is 19.1 Å². The van der Waals surface area contributed by atoms with Crippen LogP contribution in [0.1, 0.15) is 18.4 Å². The summed E-state index contributed by atoms with van der Waals surface area (Å²) in [5, 5.41) is 5.39. The number of anilines is 1. The zero-order chi connectivity index (χ0) is 16.2. The van der Waals surface area contributed by atoms with E-state index >= 15 is 0 Å². The van der Waals surface area contributed by atoms with Crippen LogP contribution in [0.25, 0.3) is 0 Å². The van der Waals surface area contributed by atoms with Gasteiger partial charge in [0.15, 0.2) is 0 Å². The summed E-state index contributed by atoms with van der Waals surface area (Å²) in [7, 11) is 0. The molecule has 3 rings (SSSR count). The lowest BCUT2D eigenvalue weighted by Gasteiger charge is -2.34. The zero-order valence-electron chi connectivity index (χ0n) is 12.7. The van der Waals surface area contributed by atoms with Crippen molar-refractivity contribution in [2.24, 2.45) is 0 Å².